The second-order valence-electron chi connectivity index (χ2n) is 7.64. The summed E-state index contributed by atoms with van der Waals surface area (Å²) in [4.78, 5) is 14.9. The highest BCUT2D eigenvalue weighted by Crippen LogP contribution is 2.45. The number of aromatic hydroxyl groups is 1. The van der Waals surface area contributed by atoms with Crippen molar-refractivity contribution >= 4 is 12.0 Å². The van der Waals surface area contributed by atoms with E-state index >= 15 is 0 Å². The molecular formula is C21H24N2O3. The van der Waals surface area contributed by atoms with E-state index in [0.717, 1.165) is 30.5 Å². The van der Waals surface area contributed by atoms with Crippen molar-refractivity contribution in [3.05, 3.63) is 59.6 Å². The number of likely N-dealkylation sites (tertiary alicyclic amines) is 1. The number of phenolic OH excluding ortho intramolecular Hbond substituents is 1. The first-order valence-corrected chi connectivity index (χ1v) is 9.01. The summed E-state index contributed by atoms with van der Waals surface area (Å²) < 4.78 is 5.02. The Bertz CT molecular complexity index is 843. The first kappa shape index (κ1) is 16.9. The minimum Gasteiger partial charge on any atom is -0.508 e. The van der Waals surface area contributed by atoms with Gasteiger partial charge in [0.25, 0.3) is 0 Å². The molecular weight excluding hydrogens is 328 g/mol. The van der Waals surface area contributed by atoms with Gasteiger partial charge < -0.3 is 19.7 Å². The Morgan fingerprint density at radius 3 is 3.04 bits per heavy atom. The number of fused-ring (bicyclic) bond motifs is 4. The molecule has 4 rings (SSSR count). The van der Waals surface area contributed by atoms with Gasteiger partial charge in [-0.15, -0.1) is 0 Å². The van der Waals surface area contributed by atoms with Crippen LogP contribution in [0.15, 0.2) is 47.3 Å². The van der Waals surface area contributed by atoms with Crippen molar-refractivity contribution in [3.63, 3.8) is 0 Å². The van der Waals surface area contributed by atoms with Gasteiger partial charge >= 0.3 is 0 Å². The molecule has 1 fully saturated rings. The number of hydrogen-bond donors (Lipinski definition) is 2. The van der Waals surface area contributed by atoms with Crippen molar-refractivity contribution in [3.8, 4) is 5.75 Å². The van der Waals surface area contributed by atoms with Crippen LogP contribution in [-0.4, -0.2) is 41.6 Å². The van der Waals surface area contributed by atoms with Crippen LogP contribution in [-0.2, 0) is 16.6 Å². The molecule has 1 aliphatic carbocycles. The summed E-state index contributed by atoms with van der Waals surface area (Å²) >= 11 is 0. The van der Waals surface area contributed by atoms with Crippen LogP contribution < -0.4 is 5.32 Å². The Kier molecular flexibility index (Phi) is 4.11. The molecule has 1 amide bonds. The Balaban J connectivity index is 1.63. The SMILES string of the molecule is CN1CCC2(C)c3cc(O)ccc3C[C@@H]1[C@@H]2NC(=O)/C=C/c1ccoc1. The topological polar surface area (TPSA) is 65.7 Å². The molecule has 1 saturated heterocycles. The molecule has 2 bridgehead atoms. The number of furan rings is 1. The average Bonchev–Trinajstić information content (AvgIpc) is 3.13. The molecule has 0 radical (unpaired) electrons. The Hall–Kier alpha value is -2.53. The summed E-state index contributed by atoms with van der Waals surface area (Å²) in [7, 11) is 2.12. The molecule has 1 aromatic heterocycles. The molecule has 2 aliphatic rings. The monoisotopic (exact) mass is 352 g/mol. The normalized spacial score (nSPS) is 28.1. The lowest BCUT2D eigenvalue weighted by Gasteiger charge is -2.54. The van der Waals surface area contributed by atoms with E-state index in [-0.39, 0.29) is 29.2 Å². The molecule has 5 nitrogen and oxygen atoms in total. The number of benzene rings is 1. The van der Waals surface area contributed by atoms with Crippen molar-refractivity contribution in [2.24, 2.45) is 0 Å². The maximum absolute atomic E-state index is 12.6. The summed E-state index contributed by atoms with van der Waals surface area (Å²) in [6.45, 7) is 3.18. The van der Waals surface area contributed by atoms with Crippen LogP contribution in [0.4, 0.5) is 0 Å². The highest BCUT2D eigenvalue weighted by atomic mass is 16.3. The number of piperidine rings is 1. The third-order valence-electron chi connectivity index (χ3n) is 6.03. The van der Waals surface area contributed by atoms with Gasteiger partial charge in [-0.3, -0.25) is 4.79 Å². The molecule has 136 valence electrons. The number of nitrogens with zero attached hydrogens (tertiary/aromatic N) is 1. The van der Waals surface area contributed by atoms with Crippen LogP contribution in [0.3, 0.4) is 0 Å². The van der Waals surface area contributed by atoms with Crippen LogP contribution in [0.2, 0.25) is 0 Å². The first-order valence-electron chi connectivity index (χ1n) is 9.01. The molecule has 0 saturated carbocycles. The second-order valence-corrected chi connectivity index (χ2v) is 7.64. The zero-order valence-electron chi connectivity index (χ0n) is 15.1. The smallest absolute Gasteiger partial charge is 0.244 e. The van der Waals surface area contributed by atoms with E-state index in [1.54, 1.807) is 30.7 Å². The van der Waals surface area contributed by atoms with E-state index in [2.05, 4.69) is 24.2 Å². The van der Waals surface area contributed by atoms with Crippen LogP contribution in [0.5, 0.6) is 5.75 Å². The largest absolute Gasteiger partial charge is 0.508 e. The number of amides is 1. The molecule has 2 heterocycles. The summed E-state index contributed by atoms with van der Waals surface area (Å²) in [5.74, 6) is 0.179. The third-order valence-corrected chi connectivity index (χ3v) is 6.03. The lowest BCUT2D eigenvalue weighted by Crippen LogP contribution is -2.66. The lowest BCUT2D eigenvalue weighted by atomic mass is 9.61. The van der Waals surface area contributed by atoms with Crippen molar-refractivity contribution < 1.29 is 14.3 Å². The number of phenols is 1. The molecule has 1 unspecified atom stereocenters. The first-order chi connectivity index (χ1) is 12.5. The maximum atomic E-state index is 12.6. The van der Waals surface area contributed by atoms with Gasteiger partial charge in [0.2, 0.25) is 5.91 Å². The van der Waals surface area contributed by atoms with Crippen LogP contribution in [0.25, 0.3) is 6.08 Å². The van der Waals surface area contributed by atoms with E-state index < -0.39 is 0 Å². The fourth-order valence-electron chi connectivity index (χ4n) is 4.48. The van der Waals surface area contributed by atoms with Gasteiger partial charge in [0.15, 0.2) is 0 Å². The van der Waals surface area contributed by atoms with Crippen molar-refractivity contribution in [2.75, 3.05) is 13.6 Å². The number of nitrogens with one attached hydrogen (secondary N) is 1. The molecule has 2 aromatic rings. The molecule has 3 atom stereocenters. The van der Waals surface area contributed by atoms with Crippen molar-refractivity contribution in [1.82, 2.24) is 10.2 Å². The number of hydrogen-bond acceptors (Lipinski definition) is 4. The minimum atomic E-state index is -0.192. The van der Waals surface area contributed by atoms with Gasteiger partial charge in [0, 0.05) is 23.1 Å². The second kappa shape index (κ2) is 6.32. The molecule has 0 spiro atoms. The van der Waals surface area contributed by atoms with E-state index in [4.69, 9.17) is 4.42 Å². The van der Waals surface area contributed by atoms with Gasteiger partial charge in [-0.05, 0) is 61.8 Å². The Labute approximate surface area is 153 Å². The van der Waals surface area contributed by atoms with E-state index in [1.807, 2.05) is 18.2 Å². The summed E-state index contributed by atoms with van der Waals surface area (Å²) in [5.41, 5.74) is 3.10. The molecule has 26 heavy (non-hydrogen) atoms. The Morgan fingerprint density at radius 2 is 2.27 bits per heavy atom. The zero-order chi connectivity index (χ0) is 18.3. The van der Waals surface area contributed by atoms with Crippen LogP contribution >= 0.6 is 0 Å². The lowest BCUT2D eigenvalue weighted by molar-refractivity contribution is -0.118. The minimum absolute atomic E-state index is 0.00273. The standard InChI is InChI=1S/C21H24N2O3/c1-21-8-9-23(2)18(11-15-4-5-16(24)12-17(15)21)20(21)22-19(25)6-3-14-7-10-26-13-14/h3-7,10,12-13,18,20,24H,8-9,11H2,1-2H3,(H,22,25)/b6-3+/t18-,20+,21?/m1/s1. The predicted octanol–water partition coefficient (Wildman–Crippen LogP) is 2.70. The van der Waals surface area contributed by atoms with E-state index in [1.165, 1.54) is 5.56 Å². The van der Waals surface area contributed by atoms with Gasteiger partial charge in [-0.2, -0.15) is 0 Å². The zero-order valence-corrected chi connectivity index (χ0v) is 15.1. The van der Waals surface area contributed by atoms with Gasteiger partial charge in [0.1, 0.15) is 5.75 Å². The van der Waals surface area contributed by atoms with Crippen molar-refractivity contribution in [2.45, 2.75) is 37.3 Å². The summed E-state index contributed by atoms with van der Waals surface area (Å²) in [5, 5.41) is 13.2. The quantitative estimate of drug-likeness (QED) is 0.834. The van der Waals surface area contributed by atoms with Crippen LogP contribution in [0, 0.1) is 0 Å². The van der Waals surface area contributed by atoms with E-state index in [9.17, 15) is 9.90 Å². The van der Waals surface area contributed by atoms with Gasteiger partial charge in [0.05, 0.1) is 18.6 Å². The fraction of sp³-hybridized carbons (Fsp3) is 0.381. The molecule has 2 N–H and O–H groups in total. The fourth-order valence-corrected chi connectivity index (χ4v) is 4.48. The number of likely N-dealkylation sites (N-methyl/N-ethyl adjacent to an activating group) is 1. The average molecular weight is 352 g/mol. The molecule has 5 heteroatoms. The highest BCUT2D eigenvalue weighted by Gasteiger charge is 2.50. The predicted molar refractivity (Wildman–Crippen MR) is 99.9 cm³/mol. The highest BCUT2D eigenvalue weighted by molar-refractivity contribution is 5.92. The van der Waals surface area contributed by atoms with Crippen LogP contribution in [0.1, 0.15) is 30.0 Å². The third kappa shape index (κ3) is 2.82. The van der Waals surface area contributed by atoms with Gasteiger partial charge in [-0.1, -0.05) is 13.0 Å². The number of rotatable bonds is 3. The number of carbonyl (C=O) groups is 1. The Morgan fingerprint density at radius 1 is 1.42 bits per heavy atom. The summed E-state index contributed by atoms with van der Waals surface area (Å²) in [6, 6.07) is 7.70. The molecule has 1 aliphatic heterocycles. The maximum Gasteiger partial charge on any atom is 0.244 e. The van der Waals surface area contributed by atoms with E-state index in [0.29, 0.717) is 0 Å². The van der Waals surface area contributed by atoms with Crippen molar-refractivity contribution in [1.29, 1.82) is 0 Å². The van der Waals surface area contributed by atoms with Gasteiger partial charge in [-0.25, -0.2) is 0 Å². The number of carbonyl (C=O) groups excluding carboxylic acids is 1. The molecule has 1 aromatic carbocycles. The summed E-state index contributed by atoms with van der Waals surface area (Å²) in [6.07, 6.45) is 8.31.